The summed E-state index contributed by atoms with van der Waals surface area (Å²) in [6, 6.07) is 8.05. The summed E-state index contributed by atoms with van der Waals surface area (Å²) in [5.41, 5.74) is 2.99. The number of carbonyl (C=O) groups is 1. The molecule has 1 aromatic carbocycles. The van der Waals surface area contributed by atoms with Crippen molar-refractivity contribution in [3.05, 3.63) is 47.2 Å². The first-order chi connectivity index (χ1) is 12.0. The molecule has 0 radical (unpaired) electrons. The summed E-state index contributed by atoms with van der Waals surface area (Å²) in [5.74, 6) is 1.58. The molecule has 1 N–H and O–H groups in total. The number of nitrogens with zero attached hydrogens (tertiary/aromatic N) is 3. The Morgan fingerprint density at radius 3 is 2.64 bits per heavy atom. The van der Waals surface area contributed by atoms with Crippen molar-refractivity contribution in [2.45, 2.75) is 45.3 Å². The number of hydrogen-bond acceptors (Lipinski definition) is 5. The zero-order valence-electron chi connectivity index (χ0n) is 14.5. The lowest BCUT2D eigenvalue weighted by atomic mass is 10.1. The minimum absolute atomic E-state index is 0.0190. The number of carbonyl (C=O) groups excluding carboxylic acids is 1. The Kier molecular flexibility index (Phi) is 5.08. The van der Waals surface area contributed by atoms with Gasteiger partial charge in [-0.25, -0.2) is 9.78 Å². The maximum absolute atomic E-state index is 12.0. The van der Waals surface area contributed by atoms with E-state index >= 15 is 0 Å². The Bertz CT molecular complexity index is 764. The maximum Gasteiger partial charge on any atom is 0.416 e. The fourth-order valence-corrected chi connectivity index (χ4v) is 2.88. The van der Waals surface area contributed by atoms with Gasteiger partial charge in [0.25, 0.3) is 0 Å². The Morgan fingerprint density at radius 1 is 1.28 bits per heavy atom. The standard InChI is InChI=1S/C18H21ClN4O2/c1-11(2)23-16-15(10-25-18(23)24)9-20-17(22-16)21-12(3)14-6-4-13(8-19)5-7-14/h4-7,9,11-12H,8,10H2,1-3H3,(H,20,21,22). The lowest BCUT2D eigenvalue weighted by molar-refractivity contribution is 0.139. The molecule has 0 saturated carbocycles. The number of amides is 1. The summed E-state index contributed by atoms with van der Waals surface area (Å²) < 4.78 is 5.17. The van der Waals surface area contributed by atoms with Gasteiger partial charge in [0, 0.05) is 18.1 Å². The summed E-state index contributed by atoms with van der Waals surface area (Å²) >= 11 is 5.83. The lowest BCUT2D eigenvalue weighted by Crippen LogP contribution is -2.41. The van der Waals surface area contributed by atoms with E-state index in [-0.39, 0.29) is 24.8 Å². The number of alkyl halides is 1. The minimum atomic E-state index is -0.378. The molecule has 1 aliphatic rings. The first-order valence-electron chi connectivity index (χ1n) is 8.23. The van der Waals surface area contributed by atoms with E-state index in [1.54, 1.807) is 11.1 Å². The van der Waals surface area contributed by atoms with Gasteiger partial charge in [-0.3, -0.25) is 4.90 Å². The zero-order valence-corrected chi connectivity index (χ0v) is 15.2. The number of hydrogen-bond donors (Lipinski definition) is 1. The van der Waals surface area contributed by atoms with Crippen LogP contribution in [0.5, 0.6) is 0 Å². The molecule has 0 spiro atoms. The molecule has 0 saturated heterocycles. The van der Waals surface area contributed by atoms with Crippen molar-refractivity contribution in [2.75, 3.05) is 10.2 Å². The van der Waals surface area contributed by atoms with E-state index in [2.05, 4.69) is 15.3 Å². The van der Waals surface area contributed by atoms with E-state index < -0.39 is 0 Å². The minimum Gasteiger partial charge on any atom is -0.444 e. The second kappa shape index (κ2) is 7.27. The summed E-state index contributed by atoms with van der Waals surface area (Å²) in [6.07, 6.45) is 1.33. The first-order valence-corrected chi connectivity index (χ1v) is 8.76. The molecule has 0 fully saturated rings. The van der Waals surface area contributed by atoms with Gasteiger partial charge >= 0.3 is 6.09 Å². The molecule has 25 heavy (non-hydrogen) atoms. The van der Waals surface area contributed by atoms with Crippen LogP contribution >= 0.6 is 11.6 Å². The molecule has 1 unspecified atom stereocenters. The van der Waals surface area contributed by atoms with Gasteiger partial charge in [0.2, 0.25) is 5.95 Å². The van der Waals surface area contributed by atoms with Gasteiger partial charge in [0.15, 0.2) is 0 Å². The molecule has 2 heterocycles. The molecule has 1 aliphatic heterocycles. The number of anilines is 2. The van der Waals surface area contributed by atoms with Crippen LogP contribution in [0, 0.1) is 0 Å². The summed E-state index contributed by atoms with van der Waals surface area (Å²) in [5, 5.41) is 3.29. The second-order valence-corrected chi connectivity index (χ2v) is 6.57. The maximum atomic E-state index is 12.0. The van der Waals surface area contributed by atoms with Crippen molar-refractivity contribution in [1.82, 2.24) is 9.97 Å². The van der Waals surface area contributed by atoms with Crippen LogP contribution in [-0.2, 0) is 17.2 Å². The SMILES string of the molecule is CC(Nc1ncc2c(n1)N(C(C)C)C(=O)OC2)c1ccc(CCl)cc1. The van der Waals surface area contributed by atoms with E-state index in [0.29, 0.717) is 17.6 Å². The van der Waals surface area contributed by atoms with E-state index in [9.17, 15) is 4.79 Å². The average molecular weight is 361 g/mol. The van der Waals surface area contributed by atoms with E-state index in [4.69, 9.17) is 16.3 Å². The molecule has 1 aromatic heterocycles. The second-order valence-electron chi connectivity index (χ2n) is 6.30. The number of cyclic esters (lactones) is 1. The van der Waals surface area contributed by atoms with Crippen LogP contribution in [0.3, 0.4) is 0 Å². The fraction of sp³-hybridized carbons (Fsp3) is 0.389. The Balaban J connectivity index is 1.82. The van der Waals surface area contributed by atoms with Gasteiger partial charge < -0.3 is 10.1 Å². The zero-order chi connectivity index (χ0) is 18.0. The van der Waals surface area contributed by atoms with Gasteiger partial charge in [-0.15, -0.1) is 11.6 Å². The van der Waals surface area contributed by atoms with Gasteiger partial charge in [0.1, 0.15) is 12.4 Å². The van der Waals surface area contributed by atoms with Crippen LogP contribution in [0.4, 0.5) is 16.6 Å². The van der Waals surface area contributed by atoms with Gasteiger partial charge in [-0.2, -0.15) is 4.98 Å². The van der Waals surface area contributed by atoms with Gasteiger partial charge in [-0.1, -0.05) is 24.3 Å². The number of rotatable bonds is 5. The van der Waals surface area contributed by atoms with Crippen LogP contribution in [-0.4, -0.2) is 22.1 Å². The Hall–Kier alpha value is -2.34. The molecule has 6 nitrogen and oxygen atoms in total. The van der Waals surface area contributed by atoms with Crippen LogP contribution in [0.1, 0.15) is 43.5 Å². The molecule has 2 aromatic rings. The van der Waals surface area contributed by atoms with Crippen LogP contribution in [0.25, 0.3) is 0 Å². The molecule has 0 bridgehead atoms. The summed E-state index contributed by atoms with van der Waals surface area (Å²) in [6.45, 7) is 6.08. The van der Waals surface area contributed by atoms with Gasteiger partial charge in [0.05, 0.1) is 11.6 Å². The molecule has 1 atom stereocenters. The fourth-order valence-electron chi connectivity index (χ4n) is 2.70. The molecule has 3 rings (SSSR count). The largest absolute Gasteiger partial charge is 0.444 e. The highest BCUT2D eigenvalue weighted by atomic mass is 35.5. The van der Waals surface area contributed by atoms with Crippen molar-refractivity contribution in [1.29, 1.82) is 0 Å². The number of halogens is 1. The predicted molar refractivity (Wildman–Crippen MR) is 97.9 cm³/mol. The topological polar surface area (TPSA) is 67.4 Å². The highest BCUT2D eigenvalue weighted by molar-refractivity contribution is 6.17. The number of aromatic nitrogens is 2. The third-order valence-corrected chi connectivity index (χ3v) is 4.42. The van der Waals surface area contributed by atoms with Crippen LogP contribution < -0.4 is 10.2 Å². The molecular weight excluding hydrogens is 340 g/mol. The summed E-state index contributed by atoms with van der Waals surface area (Å²) in [7, 11) is 0. The van der Waals surface area contributed by atoms with Crippen molar-refractivity contribution < 1.29 is 9.53 Å². The Labute approximate surface area is 152 Å². The van der Waals surface area contributed by atoms with Crippen molar-refractivity contribution >= 4 is 29.5 Å². The third-order valence-electron chi connectivity index (χ3n) is 4.11. The molecule has 1 amide bonds. The molecule has 132 valence electrons. The number of ether oxygens (including phenoxy) is 1. The summed E-state index contributed by atoms with van der Waals surface area (Å²) in [4.78, 5) is 22.5. The number of nitrogens with one attached hydrogen (secondary N) is 1. The molecule has 7 heteroatoms. The van der Waals surface area contributed by atoms with Gasteiger partial charge in [-0.05, 0) is 31.9 Å². The monoisotopic (exact) mass is 360 g/mol. The predicted octanol–water partition coefficient (Wildman–Crippen LogP) is 4.25. The quantitative estimate of drug-likeness (QED) is 0.807. The van der Waals surface area contributed by atoms with Crippen molar-refractivity contribution in [3.63, 3.8) is 0 Å². The smallest absolute Gasteiger partial charge is 0.416 e. The lowest BCUT2D eigenvalue weighted by Gasteiger charge is -2.30. The van der Waals surface area contributed by atoms with Crippen LogP contribution in [0.2, 0.25) is 0 Å². The molecular formula is C18H21ClN4O2. The van der Waals surface area contributed by atoms with Crippen LogP contribution in [0.15, 0.2) is 30.5 Å². The molecule has 0 aliphatic carbocycles. The third kappa shape index (κ3) is 3.69. The average Bonchev–Trinajstić information content (AvgIpc) is 2.61. The number of benzene rings is 1. The van der Waals surface area contributed by atoms with E-state index in [1.807, 2.05) is 45.0 Å². The van der Waals surface area contributed by atoms with Crippen molar-refractivity contribution in [3.8, 4) is 0 Å². The first kappa shape index (κ1) is 17.5. The highest BCUT2D eigenvalue weighted by Gasteiger charge is 2.30. The van der Waals surface area contributed by atoms with Crippen molar-refractivity contribution in [2.24, 2.45) is 0 Å². The van der Waals surface area contributed by atoms with E-state index in [0.717, 1.165) is 16.7 Å². The Morgan fingerprint density at radius 2 is 2.00 bits per heavy atom. The number of fused-ring (bicyclic) bond motifs is 1. The van der Waals surface area contributed by atoms with E-state index in [1.165, 1.54) is 0 Å². The highest BCUT2D eigenvalue weighted by Crippen LogP contribution is 2.28. The normalized spacial score (nSPS) is 14.9.